The van der Waals surface area contributed by atoms with Crippen molar-refractivity contribution in [2.45, 2.75) is 371 Å². The van der Waals surface area contributed by atoms with Gasteiger partial charge >= 0.3 is 5.97 Å². The minimum absolute atomic E-state index is 0.0311. The number of esters is 1. The molecule has 734 valence electrons. The average molecular weight is 1920 g/mol. The minimum Gasteiger partial charge on any atom is -0.462 e. The first kappa shape index (κ1) is 103. The largest absolute Gasteiger partial charge is 0.462 e. The van der Waals surface area contributed by atoms with Crippen LogP contribution in [0, 0.1) is 23.7 Å². The number of carbonyl (C=O) groups excluding carboxylic acids is 1. The molecule has 0 aliphatic heterocycles. The van der Waals surface area contributed by atoms with Gasteiger partial charge in [-0.1, -0.05) is 118 Å². The summed E-state index contributed by atoms with van der Waals surface area (Å²) in [5.41, 5.74) is 18.6. The van der Waals surface area contributed by atoms with Crippen molar-refractivity contribution < 1.29 is 9.53 Å². The summed E-state index contributed by atoms with van der Waals surface area (Å²) in [6, 6.07) is 10.6. The lowest BCUT2D eigenvalue weighted by Crippen LogP contribution is -2.41. The van der Waals surface area contributed by atoms with Crippen LogP contribution in [0.4, 0.5) is 23.8 Å². The molecule has 8 fully saturated rings. The number of hydrogen-bond acceptors (Lipinski definition) is 20. The molecule has 0 aromatic carbocycles. The van der Waals surface area contributed by atoms with E-state index in [-0.39, 0.29) is 12.1 Å². The Morgan fingerprint density at radius 3 is 1.12 bits per heavy atom. The fourth-order valence-electron chi connectivity index (χ4n) is 20.4. The third-order valence-corrected chi connectivity index (χ3v) is 30.6. The van der Waals surface area contributed by atoms with Gasteiger partial charge in [0.2, 0.25) is 23.8 Å². The zero-order chi connectivity index (χ0) is 93.5. The fourth-order valence-corrected chi connectivity index (χ4v) is 21.2. The lowest BCUT2D eigenvalue weighted by Gasteiger charge is -2.37. The molecular formula is C106H160Cl4N22O2. The molecule has 8 aromatic rings. The van der Waals surface area contributed by atoms with Crippen molar-refractivity contribution in [2.75, 3.05) is 60.5 Å². The Bertz CT molecular complexity index is 4870. The molecule has 8 heterocycles. The second-order valence-electron chi connectivity index (χ2n) is 40.6. The van der Waals surface area contributed by atoms with E-state index in [4.69, 9.17) is 76.8 Å². The van der Waals surface area contributed by atoms with Crippen LogP contribution < -0.4 is 43.0 Å². The van der Waals surface area contributed by atoms with E-state index < -0.39 is 0 Å². The maximum absolute atomic E-state index is 12.3. The number of unbranched alkanes of at least 4 members (excludes halogenated alkanes) is 7. The average Bonchev–Trinajstić information content (AvgIpc) is 1.78. The van der Waals surface area contributed by atoms with Crippen molar-refractivity contribution >= 4 is 76.2 Å². The molecule has 24 nitrogen and oxygen atoms in total. The molecule has 0 radical (unpaired) electrons. The molecule has 1 unspecified atom stereocenters. The number of hydrogen-bond donors (Lipinski definition) is 8. The van der Waals surface area contributed by atoms with Gasteiger partial charge in [0.1, 0.15) is 6.10 Å². The van der Waals surface area contributed by atoms with E-state index in [1.165, 1.54) is 196 Å². The quantitative estimate of drug-likeness (QED) is 0.0100. The van der Waals surface area contributed by atoms with Crippen LogP contribution in [0.15, 0.2) is 79.9 Å². The molecule has 1 atom stereocenters. The molecule has 0 amide bonds. The van der Waals surface area contributed by atoms with Crippen LogP contribution in [0.3, 0.4) is 0 Å². The Morgan fingerprint density at radius 1 is 0.396 bits per heavy atom. The van der Waals surface area contributed by atoms with Gasteiger partial charge in [0.15, 0.2) is 0 Å². The highest BCUT2D eigenvalue weighted by molar-refractivity contribution is 6.34. The summed E-state index contributed by atoms with van der Waals surface area (Å²) in [7, 11) is 8.34. The molecule has 8 saturated carbocycles. The van der Waals surface area contributed by atoms with Gasteiger partial charge in [0.05, 0.1) is 73.9 Å². The molecule has 0 saturated heterocycles. The fraction of sp³-hybridized carbons (Fsp3) is 0.679. The topological polar surface area (TPSA) is 276 Å². The van der Waals surface area contributed by atoms with Gasteiger partial charge in [0, 0.05) is 147 Å². The highest BCUT2D eigenvalue weighted by Crippen LogP contribution is 2.43. The summed E-state index contributed by atoms with van der Waals surface area (Å²) >= 11 is 26.2. The Kier molecular flexibility index (Phi) is 40.8. The second kappa shape index (κ2) is 53.2. The van der Waals surface area contributed by atoms with E-state index in [1.54, 1.807) is 24.8 Å². The lowest BCUT2D eigenvalue weighted by molar-refractivity contribution is -0.149. The highest BCUT2D eigenvalue weighted by atomic mass is 35.5. The third kappa shape index (κ3) is 32.1. The first-order valence-corrected chi connectivity index (χ1v) is 54.0. The summed E-state index contributed by atoms with van der Waals surface area (Å²) < 4.78 is 14.3. The maximum Gasteiger partial charge on any atom is 0.306 e. The van der Waals surface area contributed by atoms with Crippen LogP contribution in [-0.4, -0.2) is 168 Å². The minimum atomic E-state index is -0.0311. The summed E-state index contributed by atoms with van der Waals surface area (Å²) in [5.74, 6) is 5.93. The predicted molar refractivity (Wildman–Crippen MR) is 552 cm³/mol. The third-order valence-electron chi connectivity index (χ3n) is 29.5. The number of nitrogens with zero attached hydrogens (tertiary/aromatic N) is 14. The summed E-state index contributed by atoms with van der Waals surface area (Å²) in [6.07, 6.45) is 73.8. The van der Waals surface area contributed by atoms with E-state index in [2.05, 4.69) is 172 Å². The number of aromatic nitrogens is 13. The number of rotatable bonds is 45. The lowest BCUT2D eigenvalue weighted by atomic mass is 9.89. The summed E-state index contributed by atoms with van der Waals surface area (Å²) in [6.45, 7) is 13.3. The summed E-state index contributed by atoms with van der Waals surface area (Å²) in [4.78, 5) is 52.4. The van der Waals surface area contributed by atoms with Crippen LogP contribution in [0.25, 0.3) is 45.0 Å². The number of anilines is 4. The number of allylic oxidation sites excluding steroid dienone is 2. The molecule has 134 heavy (non-hydrogen) atoms. The van der Waals surface area contributed by atoms with E-state index in [1.807, 2.05) is 17.9 Å². The van der Waals surface area contributed by atoms with Gasteiger partial charge in [-0.15, -0.1) is 0 Å². The molecule has 9 aliphatic rings. The van der Waals surface area contributed by atoms with Crippen molar-refractivity contribution in [3.05, 3.63) is 123 Å². The number of nitrogens with two attached hydrogens (primary N) is 1. The molecule has 17 rings (SSSR count). The SMILES string of the molecule is CCCCCN(CCCCC)C1CCC(Nc2ncc(Cl)c(-c3ccn(C)c3CC3CC3)n2)CC1.CCCCCNC1CCC(Nc2ncc(Cl)c(-c3ccn(C)c3CC3CC3)n2)CC1.Cn1ccc(-c2nc(NC3CCC(NCCCN)CC3)ncc2Cl)c1CC1CC1.Cn1ncc(-c2nc(NC3CCC(NCCCCC(=O)OC4CC/C=C\CCC4)CC3)ncc2Cl)c1CC1CC1. The molecule has 0 spiro atoms. The standard InChI is InChI=1S/C31H45ClN6O2.C29H46ClN5.C24H36ClN5.C22H33ClN6/c1-38-28(19-22-12-13-22)26(20-35-38)30-27(32)21-34-31(37-30)36-24-16-14-23(15-17-24)33-18-8-7-11-29(39)40-25-9-5-3-2-4-6-10-25;1-4-6-8-17-35(18-9-7-5-2)24-14-12-23(13-15-24)32-29-31-21-26(30)28(33-29)25-16-19-34(3)27(25)20-22-10-11-22;1-3-4-5-13-26-18-8-10-19(11-9-18)28-24-27-16-21(25)23(29-24)20-12-14-30(2)22(20)15-17-6-7-17;1-29-12-9-18(20(29)13-15-3-4-15)21-19(23)14-26-22(28-21)27-17-7-5-16(6-8-17)25-11-2-10-24/h2-3,20-25,33H,4-19H2,1H3,(H,34,36,37);16,19,21-24H,4-15,17-18,20H2,1-3H3,(H,31,32,33);12,14,16-19,26H,3-11,13,15H2,1-2H3,(H,27,28,29);9,12,14-17,25H,2-8,10-11,13,24H2,1H3,(H,26,27,28)/b3-2-;;;. The number of nitrogens with one attached hydrogen (secondary N) is 7. The predicted octanol–water partition coefficient (Wildman–Crippen LogP) is 23.2. The van der Waals surface area contributed by atoms with Crippen molar-refractivity contribution in [3.63, 3.8) is 0 Å². The first-order valence-electron chi connectivity index (χ1n) is 52.5. The van der Waals surface area contributed by atoms with Crippen LogP contribution >= 0.6 is 46.4 Å². The molecule has 9 aliphatic carbocycles. The Hall–Kier alpha value is -7.26. The molecule has 28 heteroatoms. The Labute approximate surface area is 821 Å². The number of ether oxygens (including phenoxy) is 1. The monoisotopic (exact) mass is 1910 g/mol. The van der Waals surface area contributed by atoms with Gasteiger partial charge < -0.3 is 66.3 Å². The van der Waals surface area contributed by atoms with Crippen molar-refractivity contribution in [1.29, 1.82) is 0 Å². The van der Waals surface area contributed by atoms with Crippen molar-refractivity contribution in [3.8, 4) is 45.0 Å². The Balaban J connectivity index is 0.000000144. The number of halogens is 4. The zero-order valence-corrected chi connectivity index (χ0v) is 85.0. The van der Waals surface area contributed by atoms with Gasteiger partial charge in [-0.25, -0.2) is 39.9 Å². The van der Waals surface area contributed by atoms with Gasteiger partial charge in [-0.3, -0.25) is 9.48 Å². The zero-order valence-electron chi connectivity index (χ0n) is 81.9. The molecule has 8 aromatic heterocycles. The van der Waals surface area contributed by atoms with Gasteiger partial charge in [-0.2, -0.15) is 5.10 Å². The van der Waals surface area contributed by atoms with E-state index in [0.717, 1.165) is 235 Å². The smallest absolute Gasteiger partial charge is 0.306 e. The van der Waals surface area contributed by atoms with Crippen LogP contribution in [-0.2, 0) is 63.4 Å². The van der Waals surface area contributed by atoms with Gasteiger partial charge in [0.25, 0.3) is 0 Å². The van der Waals surface area contributed by atoms with Crippen LogP contribution in [0.2, 0.25) is 20.1 Å². The van der Waals surface area contributed by atoms with Crippen LogP contribution in [0.1, 0.15) is 313 Å². The first-order chi connectivity index (χ1) is 65.4. The highest BCUT2D eigenvalue weighted by Gasteiger charge is 2.34. The number of carbonyl (C=O) groups is 1. The normalized spacial score (nSPS) is 22.2. The van der Waals surface area contributed by atoms with E-state index >= 15 is 0 Å². The maximum atomic E-state index is 12.3. The van der Waals surface area contributed by atoms with E-state index in [9.17, 15) is 4.79 Å². The van der Waals surface area contributed by atoms with Gasteiger partial charge in [-0.05, 0) is 332 Å². The molecular weight excluding hydrogens is 1760 g/mol. The molecule has 9 N–H and O–H groups in total. The second-order valence-corrected chi connectivity index (χ2v) is 42.2. The number of aryl methyl sites for hydroxylation is 4. The van der Waals surface area contributed by atoms with Crippen molar-refractivity contribution in [2.24, 2.45) is 57.6 Å². The summed E-state index contributed by atoms with van der Waals surface area (Å²) in [5, 5.41) is 32.3. The van der Waals surface area contributed by atoms with Crippen LogP contribution in [0.5, 0.6) is 0 Å². The van der Waals surface area contributed by atoms with E-state index in [0.29, 0.717) is 86.6 Å². The Morgan fingerprint density at radius 2 is 0.739 bits per heavy atom. The van der Waals surface area contributed by atoms with Crippen molar-refractivity contribution in [1.82, 2.24) is 84.2 Å². The molecule has 0 bridgehead atoms.